The highest BCUT2D eigenvalue weighted by molar-refractivity contribution is 9.10. The number of benzene rings is 1. The quantitative estimate of drug-likeness (QED) is 0.908. The fourth-order valence-corrected chi connectivity index (χ4v) is 2.48. The lowest BCUT2D eigenvalue weighted by atomic mass is 10.1. The van der Waals surface area contributed by atoms with Crippen molar-refractivity contribution in [3.63, 3.8) is 0 Å². The molecule has 0 saturated carbocycles. The lowest BCUT2D eigenvalue weighted by Gasteiger charge is -2.32. The SMILES string of the molecule is CCC1NC(=O)CN(c2cc(C)ccc2Br)C1=O. The number of amides is 2. The van der Waals surface area contributed by atoms with E-state index in [1.807, 2.05) is 32.0 Å². The molecule has 1 aliphatic heterocycles. The molecular formula is C13H15BrN2O2. The van der Waals surface area contributed by atoms with Crippen LogP contribution in [-0.2, 0) is 9.59 Å². The molecule has 1 unspecified atom stereocenters. The number of nitrogens with zero attached hydrogens (tertiary/aromatic N) is 1. The fraction of sp³-hybridized carbons (Fsp3) is 0.385. The molecule has 1 aliphatic rings. The molecule has 1 aromatic carbocycles. The van der Waals surface area contributed by atoms with Crippen molar-refractivity contribution in [1.82, 2.24) is 5.32 Å². The van der Waals surface area contributed by atoms with Gasteiger partial charge in [-0.1, -0.05) is 13.0 Å². The Morgan fingerprint density at radius 2 is 2.17 bits per heavy atom. The molecule has 1 fully saturated rings. The van der Waals surface area contributed by atoms with Crippen molar-refractivity contribution in [2.75, 3.05) is 11.4 Å². The zero-order valence-electron chi connectivity index (χ0n) is 10.4. The van der Waals surface area contributed by atoms with Crippen LogP contribution in [0.4, 0.5) is 5.69 Å². The van der Waals surface area contributed by atoms with Gasteiger partial charge in [0.15, 0.2) is 0 Å². The van der Waals surface area contributed by atoms with Crippen LogP contribution in [0.15, 0.2) is 22.7 Å². The first kappa shape index (κ1) is 13.1. The van der Waals surface area contributed by atoms with Gasteiger partial charge in [0.05, 0.1) is 5.69 Å². The molecule has 2 amide bonds. The molecule has 0 bridgehead atoms. The zero-order chi connectivity index (χ0) is 13.3. The summed E-state index contributed by atoms with van der Waals surface area (Å²) in [4.78, 5) is 25.4. The summed E-state index contributed by atoms with van der Waals surface area (Å²) in [5.41, 5.74) is 1.81. The lowest BCUT2D eigenvalue weighted by molar-refractivity contribution is -0.131. The second-order valence-corrected chi connectivity index (χ2v) is 5.26. The lowest BCUT2D eigenvalue weighted by Crippen LogP contribution is -2.58. The summed E-state index contributed by atoms with van der Waals surface area (Å²) in [6.45, 7) is 3.93. The van der Waals surface area contributed by atoms with Gasteiger partial charge in [0.2, 0.25) is 11.8 Å². The van der Waals surface area contributed by atoms with Gasteiger partial charge in [-0.05, 0) is 47.0 Å². The van der Waals surface area contributed by atoms with Gasteiger partial charge in [0.25, 0.3) is 0 Å². The van der Waals surface area contributed by atoms with E-state index >= 15 is 0 Å². The van der Waals surface area contributed by atoms with Gasteiger partial charge in [-0.15, -0.1) is 0 Å². The number of carbonyl (C=O) groups excluding carboxylic acids is 2. The number of aryl methyl sites for hydroxylation is 1. The molecule has 0 aliphatic carbocycles. The topological polar surface area (TPSA) is 49.4 Å². The summed E-state index contributed by atoms with van der Waals surface area (Å²) in [6.07, 6.45) is 0.602. The standard InChI is InChI=1S/C13H15BrN2O2/c1-3-10-13(18)16(7-12(17)15-10)11-6-8(2)4-5-9(11)14/h4-6,10H,3,7H2,1-2H3,(H,15,17). The van der Waals surface area contributed by atoms with Crippen LogP contribution >= 0.6 is 15.9 Å². The molecule has 1 saturated heterocycles. The molecule has 96 valence electrons. The van der Waals surface area contributed by atoms with Gasteiger partial charge in [-0.3, -0.25) is 9.59 Å². The number of nitrogens with one attached hydrogen (secondary N) is 1. The average Bonchev–Trinajstić information content (AvgIpc) is 2.35. The second-order valence-electron chi connectivity index (χ2n) is 4.41. The second kappa shape index (κ2) is 5.10. The molecule has 0 spiro atoms. The van der Waals surface area contributed by atoms with Crippen LogP contribution in [0.1, 0.15) is 18.9 Å². The van der Waals surface area contributed by atoms with Gasteiger partial charge in [-0.2, -0.15) is 0 Å². The van der Waals surface area contributed by atoms with Crippen LogP contribution in [0.2, 0.25) is 0 Å². The van der Waals surface area contributed by atoms with Crippen LogP contribution in [0, 0.1) is 6.92 Å². The van der Waals surface area contributed by atoms with E-state index in [4.69, 9.17) is 0 Å². The Balaban J connectivity index is 2.39. The van der Waals surface area contributed by atoms with Gasteiger partial charge in [0.1, 0.15) is 12.6 Å². The Hall–Kier alpha value is -1.36. The van der Waals surface area contributed by atoms with E-state index < -0.39 is 6.04 Å². The van der Waals surface area contributed by atoms with E-state index in [2.05, 4.69) is 21.2 Å². The number of halogens is 1. The normalized spacial score (nSPS) is 19.9. The number of carbonyl (C=O) groups is 2. The third kappa shape index (κ3) is 2.41. The summed E-state index contributed by atoms with van der Waals surface area (Å²) in [6, 6.07) is 5.34. The molecule has 1 atom stereocenters. The Bertz CT molecular complexity index is 502. The summed E-state index contributed by atoms with van der Waals surface area (Å²) in [5, 5.41) is 2.70. The molecular weight excluding hydrogens is 296 g/mol. The number of rotatable bonds is 2. The first-order valence-corrected chi connectivity index (χ1v) is 6.69. The molecule has 1 N–H and O–H groups in total. The molecule has 1 aromatic rings. The van der Waals surface area contributed by atoms with Crippen molar-refractivity contribution in [3.05, 3.63) is 28.2 Å². The van der Waals surface area contributed by atoms with Gasteiger partial charge in [-0.25, -0.2) is 0 Å². The van der Waals surface area contributed by atoms with E-state index in [9.17, 15) is 9.59 Å². The number of hydrogen-bond donors (Lipinski definition) is 1. The van der Waals surface area contributed by atoms with Crippen LogP contribution in [0.25, 0.3) is 0 Å². The van der Waals surface area contributed by atoms with Crippen molar-refractivity contribution in [3.8, 4) is 0 Å². The number of hydrogen-bond acceptors (Lipinski definition) is 2. The van der Waals surface area contributed by atoms with E-state index in [0.29, 0.717) is 6.42 Å². The van der Waals surface area contributed by atoms with Crippen LogP contribution in [0.5, 0.6) is 0 Å². The monoisotopic (exact) mass is 310 g/mol. The maximum Gasteiger partial charge on any atom is 0.250 e. The van der Waals surface area contributed by atoms with Crippen molar-refractivity contribution in [2.24, 2.45) is 0 Å². The third-order valence-corrected chi connectivity index (χ3v) is 3.67. The van der Waals surface area contributed by atoms with E-state index in [-0.39, 0.29) is 18.4 Å². The molecule has 0 aromatic heterocycles. The average molecular weight is 311 g/mol. The zero-order valence-corrected chi connectivity index (χ0v) is 12.0. The molecule has 2 rings (SSSR count). The molecule has 18 heavy (non-hydrogen) atoms. The van der Waals surface area contributed by atoms with Crippen molar-refractivity contribution in [2.45, 2.75) is 26.3 Å². The van der Waals surface area contributed by atoms with Crippen LogP contribution in [-0.4, -0.2) is 24.4 Å². The van der Waals surface area contributed by atoms with Crippen molar-refractivity contribution >= 4 is 33.4 Å². The highest BCUT2D eigenvalue weighted by Crippen LogP contribution is 2.28. The highest BCUT2D eigenvalue weighted by Gasteiger charge is 2.33. The molecule has 5 heteroatoms. The van der Waals surface area contributed by atoms with Crippen LogP contribution < -0.4 is 10.2 Å². The Kier molecular flexibility index (Phi) is 3.71. The summed E-state index contributed by atoms with van der Waals surface area (Å²) < 4.78 is 0.825. The third-order valence-electron chi connectivity index (χ3n) is 3.00. The summed E-state index contributed by atoms with van der Waals surface area (Å²) in [5.74, 6) is -0.168. The Morgan fingerprint density at radius 3 is 2.83 bits per heavy atom. The predicted octanol–water partition coefficient (Wildman–Crippen LogP) is 2.00. The maximum atomic E-state index is 12.3. The number of piperazine rings is 1. The minimum absolute atomic E-state index is 0.0524. The van der Waals surface area contributed by atoms with Gasteiger partial charge >= 0.3 is 0 Å². The molecule has 0 radical (unpaired) electrons. The van der Waals surface area contributed by atoms with E-state index in [1.54, 1.807) is 4.90 Å². The highest BCUT2D eigenvalue weighted by atomic mass is 79.9. The Labute approximate surface area is 114 Å². The predicted molar refractivity (Wildman–Crippen MR) is 73.5 cm³/mol. The fourth-order valence-electron chi connectivity index (χ4n) is 2.02. The molecule has 4 nitrogen and oxygen atoms in total. The first-order valence-electron chi connectivity index (χ1n) is 5.89. The van der Waals surface area contributed by atoms with Crippen LogP contribution in [0.3, 0.4) is 0 Å². The first-order chi connectivity index (χ1) is 8.52. The minimum Gasteiger partial charge on any atom is -0.343 e. The maximum absolute atomic E-state index is 12.3. The van der Waals surface area contributed by atoms with Crippen molar-refractivity contribution in [1.29, 1.82) is 0 Å². The smallest absolute Gasteiger partial charge is 0.250 e. The van der Waals surface area contributed by atoms with E-state index in [0.717, 1.165) is 15.7 Å². The largest absolute Gasteiger partial charge is 0.343 e. The van der Waals surface area contributed by atoms with E-state index in [1.165, 1.54) is 0 Å². The molecule has 1 heterocycles. The summed E-state index contributed by atoms with van der Waals surface area (Å²) >= 11 is 3.43. The van der Waals surface area contributed by atoms with Crippen molar-refractivity contribution < 1.29 is 9.59 Å². The Morgan fingerprint density at radius 1 is 1.44 bits per heavy atom. The summed E-state index contributed by atoms with van der Waals surface area (Å²) in [7, 11) is 0. The number of anilines is 1. The minimum atomic E-state index is -0.418. The van der Waals surface area contributed by atoms with Gasteiger partial charge < -0.3 is 10.2 Å². The van der Waals surface area contributed by atoms with Gasteiger partial charge in [0, 0.05) is 4.47 Å².